The highest BCUT2D eigenvalue weighted by molar-refractivity contribution is 7.15. The second kappa shape index (κ2) is 6.78. The van der Waals surface area contributed by atoms with Crippen LogP contribution in [-0.2, 0) is 9.59 Å². The third kappa shape index (κ3) is 3.77. The number of nitrogens with one attached hydrogen (secondary N) is 1. The van der Waals surface area contributed by atoms with Gasteiger partial charge in [-0.15, -0.1) is 10.2 Å². The number of aromatic nitrogens is 2. The van der Waals surface area contributed by atoms with Crippen LogP contribution in [0.3, 0.4) is 0 Å². The summed E-state index contributed by atoms with van der Waals surface area (Å²) in [5.74, 6) is 0.106. The SMILES string of the molecule is CC(C)(C)N1C[C@@H](C(=O)Nc2nnc(C3CCCCC3)s2)CC1=O. The third-order valence-corrected chi connectivity index (χ3v) is 5.93. The Bertz CT molecular complexity index is 616. The van der Waals surface area contributed by atoms with Crippen LogP contribution in [0.5, 0.6) is 0 Å². The van der Waals surface area contributed by atoms with Crippen molar-refractivity contribution in [3.63, 3.8) is 0 Å². The van der Waals surface area contributed by atoms with Gasteiger partial charge >= 0.3 is 0 Å². The molecule has 132 valence electrons. The smallest absolute Gasteiger partial charge is 0.231 e. The second-order valence-electron chi connectivity index (χ2n) is 7.85. The highest BCUT2D eigenvalue weighted by atomic mass is 32.1. The van der Waals surface area contributed by atoms with E-state index >= 15 is 0 Å². The Kier molecular flexibility index (Phi) is 4.90. The van der Waals surface area contributed by atoms with Crippen LogP contribution in [0.4, 0.5) is 5.13 Å². The number of hydrogen-bond acceptors (Lipinski definition) is 5. The van der Waals surface area contributed by atoms with Crippen molar-refractivity contribution in [3.05, 3.63) is 5.01 Å². The minimum atomic E-state index is -0.307. The van der Waals surface area contributed by atoms with E-state index < -0.39 is 0 Å². The summed E-state index contributed by atoms with van der Waals surface area (Å²) in [6.07, 6.45) is 6.41. The molecule has 2 amide bonds. The van der Waals surface area contributed by atoms with Crippen molar-refractivity contribution in [2.24, 2.45) is 5.92 Å². The van der Waals surface area contributed by atoms with Gasteiger partial charge in [0.05, 0.1) is 5.92 Å². The Hall–Kier alpha value is -1.50. The summed E-state index contributed by atoms with van der Waals surface area (Å²) >= 11 is 1.48. The maximum Gasteiger partial charge on any atom is 0.231 e. The summed E-state index contributed by atoms with van der Waals surface area (Å²) in [6, 6.07) is 0. The molecule has 1 aliphatic carbocycles. The van der Waals surface area contributed by atoms with Crippen LogP contribution in [-0.4, -0.2) is 39.0 Å². The highest BCUT2D eigenvalue weighted by Gasteiger charge is 2.39. The predicted octanol–water partition coefficient (Wildman–Crippen LogP) is 3.17. The minimum Gasteiger partial charge on any atom is -0.337 e. The molecule has 0 bridgehead atoms. The molecule has 1 aromatic rings. The molecule has 1 saturated heterocycles. The maximum atomic E-state index is 12.5. The first-order valence-electron chi connectivity index (χ1n) is 8.79. The summed E-state index contributed by atoms with van der Waals surface area (Å²) in [6.45, 7) is 6.45. The molecule has 0 spiro atoms. The molecule has 1 aromatic heterocycles. The molecule has 1 aliphatic heterocycles. The number of rotatable bonds is 3. The molecule has 1 atom stereocenters. The maximum absolute atomic E-state index is 12.5. The van der Waals surface area contributed by atoms with Crippen LogP contribution >= 0.6 is 11.3 Å². The largest absolute Gasteiger partial charge is 0.337 e. The average molecular weight is 350 g/mol. The van der Waals surface area contributed by atoms with Gasteiger partial charge in [-0.2, -0.15) is 0 Å². The Morgan fingerprint density at radius 1 is 1.21 bits per heavy atom. The molecule has 6 nitrogen and oxygen atoms in total. The van der Waals surface area contributed by atoms with E-state index in [-0.39, 0.29) is 29.7 Å². The minimum absolute atomic E-state index is 0.0443. The molecule has 0 aromatic carbocycles. The monoisotopic (exact) mass is 350 g/mol. The lowest BCUT2D eigenvalue weighted by Gasteiger charge is -2.31. The predicted molar refractivity (Wildman–Crippen MR) is 93.9 cm³/mol. The van der Waals surface area contributed by atoms with E-state index in [9.17, 15) is 9.59 Å². The van der Waals surface area contributed by atoms with Crippen molar-refractivity contribution in [3.8, 4) is 0 Å². The number of likely N-dealkylation sites (tertiary alicyclic amines) is 1. The van der Waals surface area contributed by atoms with Gasteiger partial charge in [-0.05, 0) is 33.6 Å². The lowest BCUT2D eigenvalue weighted by molar-refractivity contribution is -0.131. The Morgan fingerprint density at radius 3 is 2.54 bits per heavy atom. The van der Waals surface area contributed by atoms with Crippen LogP contribution in [0.15, 0.2) is 0 Å². The van der Waals surface area contributed by atoms with Gasteiger partial charge in [-0.1, -0.05) is 30.6 Å². The first kappa shape index (κ1) is 17.3. The van der Waals surface area contributed by atoms with Crippen LogP contribution in [0.2, 0.25) is 0 Å². The average Bonchev–Trinajstić information content (AvgIpc) is 3.14. The van der Waals surface area contributed by atoms with Crippen molar-refractivity contribution in [1.29, 1.82) is 0 Å². The standard InChI is InChI=1S/C17H26N4O2S/c1-17(2,3)21-10-12(9-13(21)22)14(23)18-16-20-19-15(24-16)11-7-5-4-6-8-11/h11-12H,4-10H2,1-3H3,(H,18,20,23)/t12-/m0/s1. The van der Waals surface area contributed by atoms with Crippen LogP contribution in [0.1, 0.15) is 70.2 Å². The molecule has 2 fully saturated rings. The van der Waals surface area contributed by atoms with Crippen LogP contribution in [0, 0.1) is 5.92 Å². The Morgan fingerprint density at radius 2 is 1.92 bits per heavy atom. The van der Waals surface area contributed by atoms with Gasteiger partial charge in [0.2, 0.25) is 16.9 Å². The third-order valence-electron chi connectivity index (χ3n) is 4.93. The zero-order chi connectivity index (χ0) is 17.3. The van der Waals surface area contributed by atoms with Crippen LogP contribution < -0.4 is 5.32 Å². The van der Waals surface area contributed by atoms with Gasteiger partial charge < -0.3 is 10.2 Å². The molecule has 7 heteroatoms. The molecule has 3 rings (SSSR count). The summed E-state index contributed by atoms with van der Waals surface area (Å²) in [5, 5.41) is 12.8. The van der Waals surface area contributed by atoms with Gasteiger partial charge in [0.1, 0.15) is 5.01 Å². The second-order valence-corrected chi connectivity index (χ2v) is 8.85. The Labute approximate surface area is 147 Å². The van der Waals surface area contributed by atoms with Gasteiger partial charge in [-0.25, -0.2) is 0 Å². The lowest BCUT2D eigenvalue weighted by atomic mass is 9.90. The lowest BCUT2D eigenvalue weighted by Crippen LogP contribution is -2.42. The fourth-order valence-electron chi connectivity index (χ4n) is 3.54. The van der Waals surface area contributed by atoms with E-state index in [0.29, 0.717) is 17.6 Å². The fourth-order valence-corrected chi connectivity index (χ4v) is 4.45. The van der Waals surface area contributed by atoms with Crippen LogP contribution in [0.25, 0.3) is 0 Å². The van der Waals surface area contributed by atoms with E-state index in [1.807, 2.05) is 20.8 Å². The zero-order valence-corrected chi connectivity index (χ0v) is 15.5. The van der Waals surface area contributed by atoms with Crippen molar-refractivity contribution in [2.75, 3.05) is 11.9 Å². The summed E-state index contributed by atoms with van der Waals surface area (Å²) < 4.78 is 0. The first-order chi connectivity index (χ1) is 11.3. The molecule has 1 N–H and O–H groups in total. The molecule has 24 heavy (non-hydrogen) atoms. The van der Waals surface area contributed by atoms with E-state index in [1.165, 1.54) is 43.4 Å². The van der Waals surface area contributed by atoms with Crippen molar-refractivity contribution in [1.82, 2.24) is 15.1 Å². The first-order valence-corrected chi connectivity index (χ1v) is 9.61. The van der Waals surface area contributed by atoms with E-state index in [1.54, 1.807) is 4.90 Å². The van der Waals surface area contributed by atoms with E-state index in [0.717, 1.165) is 5.01 Å². The summed E-state index contributed by atoms with van der Waals surface area (Å²) in [4.78, 5) is 26.4. The van der Waals surface area contributed by atoms with Crippen molar-refractivity contribution in [2.45, 2.75) is 70.8 Å². The Balaban J connectivity index is 1.59. The number of amides is 2. The van der Waals surface area contributed by atoms with Gasteiger partial charge in [0.25, 0.3) is 0 Å². The van der Waals surface area contributed by atoms with Gasteiger partial charge in [0.15, 0.2) is 0 Å². The molecule has 2 aliphatic rings. The number of anilines is 1. The zero-order valence-electron chi connectivity index (χ0n) is 14.7. The normalized spacial score (nSPS) is 22.9. The molecule has 1 saturated carbocycles. The summed E-state index contributed by atoms with van der Waals surface area (Å²) in [5.41, 5.74) is -0.247. The van der Waals surface area contributed by atoms with Crippen molar-refractivity contribution < 1.29 is 9.59 Å². The molecule has 0 unspecified atom stereocenters. The van der Waals surface area contributed by atoms with Gasteiger partial charge in [-0.3, -0.25) is 9.59 Å². The molecule has 2 heterocycles. The molecule has 0 radical (unpaired) electrons. The number of carbonyl (C=O) groups excluding carboxylic acids is 2. The van der Waals surface area contributed by atoms with E-state index in [4.69, 9.17) is 0 Å². The fraction of sp³-hybridized carbons (Fsp3) is 0.765. The number of nitrogens with zero attached hydrogens (tertiary/aromatic N) is 3. The number of hydrogen-bond donors (Lipinski definition) is 1. The quantitative estimate of drug-likeness (QED) is 0.908. The highest BCUT2D eigenvalue weighted by Crippen LogP contribution is 2.35. The number of carbonyl (C=O) groups is 2. The topological polar surface area (TPSA) is 75.2 Å². The van der Waals surface area contributed by atoms with Gasteiger partial charge in [0, 0.05) is 24.4 Å². The summed E-state index contributed by atoms with van der Waals surface area (Å²) in [7, 11) is 0. The van der Waals surface area contributed by atoms with Crippen molar-refractivity contribution >= 4 is 28.3 Å². The molecular weight excluding hydrogens is 324 g/mol. The van der Waals surface area contributed by atoms with E-state index in [2.05, 4.69) is 15.5 Å². The molecular formula is C17H26N4O2S.